The number of likely N-dealkylation sites (N-methyl/N-ethyl adjacent to an activating group) is 1. The van der Waals surface area contributed by atoms with E-state index in [9.17, 15) is 0 Å². The predicted octanol–water partition coefficient (Wildman–Crippen LogP) is 2.82. The van der Waals surface area contributed by atoms with Gasteiger partial charge in [-0.15, -0.1) is 0 Å². The van der Waals surface area contributed by atoms with Crippen LogP contribution >= 0.6 is 0 Å². The molecule has 0 amide bonds. The number of nitrogens with zero attached hydrogens (tertiary/aromatic N) is 1. The Morgan fingerprint density at radius 3 is 2.72 bits per heavy atom. The molecule has 0 saturated carbocycles. The number of nitrogens with one attached hydrogen (secondary N) is 1. The van der Waals surface area contributed by atoms with Gasteiger partial charge in [-0.05, 0) is 30.5 Å². The van der Waals surface area contributed by atoms with E-state index in [1.54, 1.807) is 5.56 Å². The third-order valence-corrected chi connectivity index (χ3v) is 3.82. The van der Waals surface area contributed by atoms with E-state index < -0.39 is 0 Å². The summed E-state index contributed by atoms with van der Waals surface area (Å²) in [6, 6.07) is 9.54. The summed E-state index contributed by atoms with van der Waals surface area (Å²) in [5, 5.41) is 3.61. The zero-order valence-electron chi connectivity index (χ0n) is 11.8. The third kappa shape index (κ3) is 3.56. The largest absolute Gasteiger partial charge is 0.313 e. The molecule has 1 atom stereocenters. The highest BCUT2D eigenvalue weighted by Crippen LogP contribution is 2.18. The maximum Gasteiger partial charge on any atom is 0.0237 e. The lowest BCUT2D eigenvalue weighted by molar-refractivity contribution is 0.220. The van der Waals surface area contributed by atoms with Crippen LogP contribution < -0.4 is 5.32 Å². The highest BCUT2D eigenvalue weighted by atomic mass is 15.2. The lowest BCUT2D eigenvalue weighted by Gasteiger charge is -2.32. The van der Waals surface area contributed by atoms with Gasteiger partial charge < -0.3 is 5.32 Å². The van der Waals surface area contributed by atoms with Crippen molar-refractivity contribution in [2.45, 2.75) is 45.7 Å². The van der Waals surface area contributed by atoms with Crippen LogP contribution in [-0.2, 0) is 13.0 Å². The Labute approximate surface area is 111 Å². The van der Waals surface area contributed by atoms with Crippen molar-refractivity contribution < 1.29 is 0 Å². The van der Waals surface area contributed by atoms with Crippen LogP contribution in [0, 0.1) is 0 Å². The van der Waals surface area contributed by atoms with Crippen molar-refractivity contribution in [1.29, 1.82) is 0 Å². The van der Waals surface area contributed by atoms with Crippen LogP contribution in [0.4, 0.5) is 0 Å². The van der Waals surface area contributed by atoms with Gasteiger partial charge in [-0.2, -0.15) is 0 Å². The Hall–Kier alpha value is -0.860. The van der Waals surface area contributed by atoms with Crippen molar-refractivity contribution in [3.63, 3.8) is 0 Å². The molecule has 1 N–H and O–H groups in total. The molecule has 0 saturated heterocycles. The molecular formula is C16H26N2. The fraction of sp³-hybridized carbons (Fsp3) is 0.625. The van der Waals surface area contributed by atoms with E-state index in [-0.39, 0.29) is 0 Å². The van der Waals surface area contributed by atoms with Crippen molar-refractivity contribution in [3.05, 3.63) is 35.4 Å². The molecule has 2 rings (SSSR count). The van der Waals surface area contributed by atoms with Crippen LogP contribution in [0.2, 0.25) is 0 Å². The minimum Gasteiger partial charge on any atom is -0.313 e. The van der Waals surface area contributed by atoms with Gasteiger partial charge in [-0.25, -0.2) is 0 Å². The molecule has 1 aromatic carbocycles. The highest BCUT2D eigenvalue weighted by Gasteiger charge is 2.18. The molecule has 1 heterocycles. The van der Waals surface area contributed by atoms with E-state index in [0.29, 0.717) is 6.04 Å². The summed E-state index contributed by atoms with van der Waals surface area (Å²) in [6.45, 7) is 9.08. The van der Waals surface area contributed by atoms with Gasteiger partial charge in [-0.1, -0.05) is 44.5 Å². The molecule has 0 spiro atoms. The van der Waals surface area contributed by atoms with Gasteiger partial charge in [-0.3, -0.25) is 4.90 Å². The lowest BCUT2D eigenvalue weighted by Crippen LogP contribution is -2.42. The monoisotopic (exact) mass is 246 g/mol. The van der Waals surface area contributed by atoms with Crippen LogP contribution in [-0.4, -0.2) is 30.6 Å². The summed E-state index contributed by atoms with van der Waals surface area (Å²) < 4.78 is 0. The second kappa shape index (κ2) is 6.91. The number of benzene rings is 1. The van der Waals surface area contributed by atoms with Gasteiger partial charge in [0, 0.05) is 25.7 Å². The summed E-state index contributed by atoms with van der Waals surface area (Å²) in [6.07, 6.45) is 3.76. The molecule has 1 aliphatic heterocycles. The first kappa shape index (κ1) is 13.6. The summed E-state index contributed by atoms with van der Waals surface area (Å²) in [5.41, 5.74) is 3.07. The number of fused-ring (bicyclic) bond motifs is 1. The average Bonchev–Trinajstić information content (AvgIpc) is 2.39. The molecule has 1 unspecified atom stereocenters. The fourth-order valence-electron chi connectivity index (χ4n) is 2.92. The fourth-order valence-corrected chi connectivity index (χ4v) is 2.92. The summed E-state index contributed by atoms with van der Waals surface area (Å²) >= 11 is 0. The van der Waals surface area contributed by atoms with Crippen molar-refractivity contribution in [2.75, 3.05) is 19.6 Å². The molecule has 0 radical (unpaired) electrons. The molecule has 100 valence electrons. The van der Waals surface area contributed by atoms with E-state index >= 15 is 0 Å². The third-order valence-electron chi connectivity index (χ3n) is 3.82. The maximum absolute atomic E-state index is 3.61. The zero-order valence-corrected chi connectivity index (χ0v) is 11.8. The summed E-state index contributed by atoms with van der Waals surface area (Å²) in [4.78, 5) is 2.60. The van der Waals surface area contributed by atoms with Gasteiger partial charge in [0.15, 0.2) is 0 Å². The molecular weight excluding hydrogens is 220 g/mol. The first-order chi connectivity index (χ1) is 8.83. The van der Waals surface area contributed by atoms with Gasteiger partial charge in [0.2, 0.25) is 0 Å². The Morgan fingerprint density at radius 1 is 1.22 bits per heavy atom. The minimum absolute atomic E-state index is 0.658. The van der Waals surface area contributed by atoms with Crippen LogP contribution in [0.5, 0.6) is 0 Å². The second-order valence-corrected chi connectivity index (χ2v) is 5.30. The van der Waals surface area contributed by atoms with Crippen molar-refractivity contribution in [1.82, 2.24) is 10.2 Å². The van der Waals surface area contributed by atoms with Crippen molar-refractivity contribution >= 4 is 0 Å². The molecule has 2 nitrogen and oxygen atoms in total. The van der Waals surface area contributed by atoms with Crippen LogP contribution in [0.3, 0.4) is 0 Å². The molecule has 2 heteroatoms. The van der Waals surface area contributed by atoms with E-state index in [4.69, 9.17) is 0 Å². The number of hydrogen-bond acceptors (Lipinski definition) is 2. The lowest BCUT2D eigenvalue weighted by atomic mass is 9.99. The SMILES string of the molecule is CCCC(CN1CCc2ccccc2C1)NCC. The number of rotatable bonds is 6. The maximum atomic E-state index is 3.61. The smallest absolute Gasteiger partial charge is 0.0237 e. The van der Waals surface area contributed by atoms with E-state index in [1.165, 1.54) is 37.9 Å². The molecule has 0 aliphatic carbocycles. The standard InChI is InChI=1S/C16H26N2/c1-3-7-16(17-4-2)13-18-11-10-14-8-5-6-9-15(14)12-18/h5-6,8-9,16-17H,3-4,7,10-13H2,1-2H3. The van der Waals surface area contributed by atoms with Crippen LogP contribution in [0.25, 0.3) is 0 Å². The average molecular weight is 246 g/mol. The van der Waals surface area contributed by atoms with E-state index in [1.807, 2.05) is 0 Å². The summed E-state index contributed by atoms with van der Waals surface area (Å²) in [7, 11) is 0. The van der Waals surface area contributed by atoms with E-state index in [0.717, 1.165) is 13.1 Å². The molecule has 0 aromatic heterocycles. The first-order valence-electron chi connectivity index (χ1n) is 7.36. The van der Waals surface area contributed by atoms with Gasteiger partial charge >= 0.3 is 0 Å². The zero-order chi connectivity index (χ0) is 12.8. The summed E-state index contributed by atoms with van der Waals surface area (Å²) in [5.74, 6) is 0. The Balaban J connectivity index is 1.91. The van der Waals surface area contributed by atoms with Crippen LogP contribution in [0.1, 0.15) is 37.8 Å². The molecule has 1 aliphatic rings. The number of hydrogen-bond donors (Lipinski definition) is 1. The second-order valence-electron chi connectivity index (χ2n) is 5.30. The van der Waals surface area contributed by atoms with Crippen LogP contribution in [0.15, 0.2) is 24.3 Å². The van der Waals surface area contributed by atoms with Gasteiger partial charge in [0.1, 0.15) is 0 Å². The quantitative estimate of drug-likeness (QED) is 0.830. The molecule has 0 fully saturated rings. The predicted molar refractivity (Wildman–Crippen MR) is 77.8 cm³/mol. The molecule has 0 bridgehead atoms. The van der Waals surface area contributed by atoms with E-state index in [2.05, 4.69) is 48.3 Å². The van der Waals surface area contributed by atoms with Gasteiger partial charge in [0.25, 0.3) is 0 Å². The topological polar surface area (TPSA) is 15.3 Å². The van der Waals surface area contributed by atoms with Crippen molar-refractivity contribution in [2.24, 2.45) is 0 Å². The first-order valence-corrected chi connectivity index (χ1v) is 7.36. The van der Waals surface area contributed by atoms with Crippen molar-refractivity contribution in [3.8, 4) is 0 Å². The normalized spacial score (nSPS) is 17.4. The minimum atomic E-state index is 0.658. The van der Waals surface area contributed by atoms with Gasteiger partial charge in [0.05, 0.1) is 0 Å². The molecule has 18 heavy (non-hydrogen) atoms. The Kier molecular flexibility index (Phi) is 5.21. The Morgan fingerprint density at radius 2 is 2.00 bits per heavy atom. The Bertz CT molecular complexity index is 356. The highest BCUT2D eigenvalue weighted by molar-refractivity contribution is 5.29. The molecule has 1 aromatic rings.